The molecule has 2 aromatic heterocycles. The first kappa shape index (κ1) is 22.3. The molecule has 2 aliphatic heterocycles. The summed E-state index contributed by atoms with van der Waals surface area (Å²) in [6.45, 7) is 4.85. The second kappa shape index (κ2) is 9.43. The molecular weight excluding hydrogens is 428 g/mol. The van der Waals surface area contributed by atoms with Gasteiger partial charge in [-0.2, -0.15) is 0 Å². The molecule has 1 aromatic carbocycles. The molecule has 34 heavy (non-hydrogen) atoms. The van der Waals surface area contributed by atoms with Crippen molar-refractivity contribution in [3.63, 3.8) is 0 Å². The van der Waals surface area contributed by atoms with Gasteiger partial charge >= 0.3 is 6.03 Å². The zero-order valence-electron chi connectivity index (χ0n) is 19.5. The van der Waals surface area contributed by atoms with E-state index in [0.29, 0.717) is 32.4 Å². The molecule has 0 N–H and O–H groups in total. The van der Waals surface area contributed by atoms with Crippen molar-refractivity contribution in [1.29, 1.82) is 0 Å². The van der Waals surface area contributed by atoms with Crippen LogP contribution in [-0.2, 0) is 24.3 Å². The highest BCUT2D eigenvalue weighted by Gasteiger charge is 2.57. The van der Waals surface area contributed by atoms with Crippen LogP contribution in [0.25, 0.3) is 0 Å². The first-order valence-electron chi connectivity index (χ1n) is 11.9. The van der Waals surface area contributed by atoms with Crippen molar-refractivity contribution in [3.8, 4) is 0 Å². The number of rotatable bonds is 7. The highest BCUT2D eigenvalue weighted by atomic mass is 16.3. The van der Waals surface area contributed by atoms with Gasteiger partial charge in [-0.25, -0.2) is 4.79 Å². The Bertz CT molecular complexity index is 1140. The second-order valence-electron chi connectivity index (χ2n) is 9.20. The lowest BCUT2D eigenvalue weighted by Gasteiger charge is -2.42. The number of aromatic nitrogens is 1. The Kier molecular flexibility index (Phi) is 6.20. The molecule has 1 spiro atoms. The van der Waals surface area contributed by atoms with Crippen LogP contribution < -0.4 is 0 Å². The Morgan fingerprint density at radius 1 is 0.941 bits per heavy atom. The smallest absolute Gasteiger partial charge is 0.328 e. The van der Waals surface area contributed by atoms with Gasteiger partial charge in [0.25, 0.3) is 5.91 Å². The van der Waals surface area contributed by atoms with E-state index in [9.17, 15) is 9.59 Å². The molecule has 3 aromatic rings. The molecule has 4 heterocycles. The van der Waals surface area contributed by atoms with Gasteiger partial charge in [0.2, 0.25) is 0 Å². The van der Waals surface area contributed by atoms with Crippen LogP contribution in [0, 0.1) is 6.92 Å². The number of benzene rings is 1. The van der Waals surface area contributed by atoms with Gasteiger partial charge in [-0.1, -0.05) is 36.4 Å². The van der Waals surface area contributed by atoms with Gasteiger partial charge in [-0.15, -0.1) is 0 Å². The van der Waals surface area contributed by atoms with Gasteiger partial charge in [0.1, 0.15) is 17.1 Å². The van der Waals surface area contributed by atoms with Crippen molar-refractivity contribution < 1.29 is 14.0 Å². The molecule has 0 aliphatic carbocycles. The predicted molar refractivity (Wildman–Crippen MR) is 128 cm³/mol. The standard InChI is InChI=1S/C27H30N4O3/c1-21-10-11-24(34-21)20-29-17-13-27(14-18-29)25(32)30(19-23-9-5-6-15-28-23)26(33)31(27)16-12-22-7-3-2-4-8-22/h2-11,15H,12-14,16-20H2,1H3. The van der Waals surface area contributed by atoms with Crippen LogP contribution >= 0.6 is 0 Å². The van der Waals surface area contributed by atoms with Crippen LogP contribution in [0.4, 0.5) is 4.79 Å². The number of imide groups is 1. The Hall–Kier alpha value is -3.45. The van der Waals surface area contributed by atoms with Crippen molar-refractivity contribution >= 4 is 11.9 Å². The van der Waals surface area contributed by atoms with Crippen molar-refractivity contribution in [2.24, 2.45) is 0 Å². The number of furan rings is 1. The van der Waals surface area contributed by atoms with E-state index in [-0.39, 0.29) is 18.5 Å². The fraction of sp³-hybridized carbons (Fsp3) is 0.370. The molecule has 2 saturated heterocycles. The Balaban J connectivity index is 1.35. The molecule has 0 radical (unpaired) electrons. The third-order valence-electron chi connectivity index (χ3n) is 6.99. The molecule has 0 saturated carbocycles. The highest BCUT2D eigenvalue weighted by Crippen LogP contribution is 2.38. The van der Waals surface area contributed by atoms with Gasteiger partial charge in [0.05, 0.1) is 18.8 Å². The molecule has 0 atom stereocenters. The first-order valence-corrected chi connectivity index (χ1v) is 11.9. The minimum absolute atomic E-state index is 0.0929. The number of hydrogen-bond acceptors (Lipinski definition) is 5. The average molecular weight is 459 g/mol. The fourth-order valence-electron chi connectivity index (χ4n) is 5.13. The van der Waals surface area contributed by atoms with E-state index in [2.05, 4.69) is 22.0 Å². The molecule has 2 fully saturated rings. The summed E-state index contributed by atoms with van der Waals surface area (Å²) in [4.78, 5) is 37.2. The molecule has 0 bridgehead atoms. The summed E-state index contributed by atoms with van der Waals surface area (Å²) in [7, 11) is 0. The summed E-state index contributed by atoms with van der Waals surface area (Å²) in [5.74, 6) is 1.74. The zero-order valence-corrected chi connectivity index (χ0v) is 19.5. The van der Waals surface area contributed by atoms with E-state index in [4.69, 9.17) is 4.42 Å². The van der Waals surface area contributed by atoms with Crippen molar-refractivity contribution in [3.05, 3.63) is 89.6 Å². The molecule has 2 aliphatic rings. The SMILES string of the molecule is Cc1ccc(CN2CCC3(CC2)C(=O)N(Cc2ccccn2)C(=O)N3CCc2ccccc2)o1. The monoisotopic (exact) mass is 458 g/mol. The number of pyridine rings is 1. The molecule has 176 valence electrons. The first-order chi connectivity index (χ1) is 16.5. The number of amides is 3. The molecule has 0 unspecified atom stereocenters. The number of aryl methyl sites for hydroxylation is 1. The minimum atomic E-state index is -0.795. The van der Waals surface area contributed by atoms with Gasteiger partial charge in [0.15, 0.2) is 0 Å². The zero-order chi connectivity index (χ0) is 23.5. The van der Waals surface area contributed by atoms with Crippen LogP contribution in [0.15, 0.2) is 71.3 Å². The van der Waals surface area contributed by atoms with E-state index in [1.807, 2.05) is 60.4 Å². The number of likely N-dealkylation sites (tertiary alicyclic amines) is 1. The summed E-state index contributed by atoms with van der Waals surface area (Å²) < 4.78 is 5.75. The lowest BCUT2D eigenvalue weighted by molar-refractivity contribution is -0.136. The van der Waals surface area contributed by atoms with Gasteiger partial charge in [-0.3, -0.25) is 19.6 Å². The van der Waals surface area contributed by atoms with Crippen molar-refractivity contribution in [2.45, 2.75) is 44.8 Å². The Morgan fingerprint density at radius 2 is 1.71 bits per heavy atom. The maximum Gasteiger partial charge on any atom is 0.328 e. The highest BCUT2D eigenvalue weighted by molar-refractivity contribution is 6.07. The van der Waals surface area contributed by atoms with E-state index >= 15 is 0 Å². The maximum absolute atomic E-state index is 13.8. The third kappa shape index (κ3) is 4.35. The lowest BCUT2D eigenvalue weighted by Crippen LogP contribution is -2.56. The van der Waals surface area contributed by atoms with Gasteiger partial charge < -0.3 is 9.32 Å². The van der Waals surface area contributed by atoms with Crippen molar-refractivity contribution in [1.82, 2.24) is 19.7 Å². The Labute approximate surface area is 200 Å². The summed E-state index contributed by atoms with van der Waals surface area (Å²) in [5.41, 5.74) is 1.08. The minimum Gasteiger partial charge on any atom is -0.465 e. The average Bonchev–Trinajstić information content (AvgIpc) is 3.35. The van der Waals surface area contributed by atoms with Crippen LogP contribution in [0.3, 0.4) is 0 Å². The lowest BCUT2D eigenvalue weighted by atomic mass is 9.85. The van der Waals surface area contributed by atoms with Crippen molar-refractivity contribution in [2.75, 3.05) is 19.6 Å². The molecular formula is C27H30N4O3. The summed E-state index contributed by atoms with van der Waals surface area (Å²) in [6, 6.07) is 19.5. The largest absolute Gasteiger partial charge is 0.465 e. The number of urea groups is 1. The normalized spacial score (nSPS) is 18.3. The molecule has 7 heteroatoms. The number of nitrogens with zero attached hydrogens (tertiary/aromatic N) is 4. The van der Waals surface area contributed by atoms with Crippen LogP contribution in [0.1, 0.15) is 35.6 Å². The second-order valence-corrected chi connectivity index (χ2v) is 9.20. The van der Waals surface area contributed by atoms with Gasteiger partial charge in [-0.05, 0) is 56.0 Å². The number of carbonyl (C=O) groups excluding carboxylic acids is 2. The number of piperidine rings is 1. The van der Waals surface area contributed by atoms with Gasteiger partial charge in [0, 0.05) is 25.8 Å². The quantitative estimate of drug-likeness (QED) is 0.500. The van der Waals surface area contributed by atoms with E-state index in [1.165, 1.54) is 4.90 Å². The number of hydrogen-bond donors (Lipinski definition) is 0. The summed E-state index contributed by atoms with van der Waals surface area (Å²) in [6.07, 6.45) is 3.64. The third-order valence-corrected chi connectivity index (χ3v) is 6.99. The molecule has 5 rings (SSSR count). The summed E-state index contributed by atoms with van der Waals surface area (Å²) >= 11 is 0. The topological polar surface area (TPSA) is 69.9 Å². The Morgan fingerprint density at radius 3 is 2.38 bits per heavy atom. The van der Waals surface area contributed by atoms with Crippen LogP contribution in [0.5, 0.6) is 0 Å². The van der Waals surface area contributed by atoms with E-state index < -0.39 is 5.54 Å². The van der Waals surface area contributed by atoms with Crippen LogP contribution in [0.2, 0.25) is 0 Å². The van der Waals surface area contributed by atoms with E-state index in [0.717, 1.165) is 35.9 Å². The van der Waals surface area contributed by atoms with E-state index in [1.54, 1.807) is 6.20 Å². The van der Waals surface area contributed by atoms with Crippen LogP contribution in [-0.4, -0.2) is 56.8 Å². The molecule has 3 amide bonds. The number of carbonyl (C=O) groups is 2. The predicted octanol–water partition coefficient (Wildman–Crippen LogP) is 4.02. The fourth-order valence-corrected chi connectivity index (χ4v) is 5.13. The molecule has 7 nitrogen and oxygen atoms in total. The maximum atomic E-state index is 13.8. The summed E-state index contributed by atoms with van der Waals surface area (Å²) in [5, 5.41) is 0.